The fourth-order valence-electron chi connectivity index (χ4n) is 1.10. The molecule has 1 amide bonds. The van der Waals surface area contributed by atoms with Gasteiger partial charge in [-0.15, -0.1) is 0 Å². The smallest absolute Gasteiger partial charge is 0.326 e. The molecule has 0 aliphatic heterocycles. The van der Waals surface area contributed by atoms with E-state index in [1.807, 2.05) is 6.26 Å². The third-order valence-electron chi connectivity index (χ3n) is 2.36. The predicted molar refractivity (Wildman–Crippen MR) is 69.7 cm³/mol. The Morgan fingerprint density at radius 3 is 2.38 bits per heavy atom. The van der Waals surface area contributed by atoms with E-state index >= 15 is 0 Å². The molecule has 0 bridgehead atoms. The van der Waals surface area contributed by atoms with Crippen molar-refractivity contribution in [3.05, 3.63) is 0 Å². The number of hydrogen-bond acceptors (Lipinski definition) is 4. The molecule has 0 heterocycles. The molecule has 0 aromatic carbocycles. The van der Waals surface area contributed by atoms with Gasteiger partial charge in [0.15, 0.2) is 0 Å². The van der Waals surface area contributed by atoms with Gasteiger partial charge >= 0.3 is 5.97 Å². The number of rotatable bonds is 7. The maximum atomic E-state index is 11.6. The minimum absolute atomic E-state index is 0.108. The summed E-state index contributed by atoms with van der Waals surface area (Å²) in [7, 11) is 4.94. The van der Waals surface area contributed by atoms with E-state index in [1.165, 1.54) is 18.9 Å². The molecule has 94 valence electrons. The number of carboxylic acids is 1. The van der Waals surface area contributed by atoms with Crippen LogP contribution in [0.15, 0.2) is 0 Å². The molecular weight excluding hydrogens is 246 g/mol. The van der Waals surface area contributed by atoms with Gasteiger partial charge in [-0.05, 0) is 19.6 Å². The van der Waals surface area contributed by atoms with Crippen molar-refractivity contribution < 1.29 is 14.7 Å². The number of carboxylic acid groups (broad SMARTS) is 1. The molecule has 0 aromatic rings. The summed E-state index contributed by atoms with van der Waals surface area (Å²) < 4.78 is 0. The number of likely N-dealkylation sites (N-methyl/N-ethyl adjacent to an activating group) is 1. The van der Waals surface area contributed by atoms with Crippen LogP contribution in [0.3, 0.4) is 0 Å². The Kier molecular flexibility index (Phi) is 7.66. The van der Waals surface area contributed by atoms with Gasteiger partial charge in [0.05, 0.1) is 0 Å². The molecule has 0 fully saturated rings. The van der Waals surface area contributed by atoms with E-state index in [4.69, 9.17) is 5.11 Å². The van der Waals surface area contributed by atoms with Crippen LogP contribution in [0.1, 0.15) is 26.7 Å². The maximum absolute atomic E-state index is 11.6. The van der Waals surface area contributed by atoms with Crippen molar-refractivity contribution in [1.82, 2.24) is 4.90 Å². The maximum Gasteiger partial charge on any atom is 0.326 e. The molecule has 0 spiro atoms. The third kappa shape index (κ3) is 5.65. The Labute approximate surface area is 105 Å². The van der Waals surface area contributed by atoms with Crippen molar-refractivity contribution in [2.75, 3.05) is 13.3 Å². The van der Waals surface area contributed by atoms with Gasteiger partial charge in [0.25, 0.3) is 0 Å². The molecule has 0 aromatic heterocycles. The van der Waals surface area contributed by atoms with E-state index < -0.39 is 12.0 Å². The molecular formula is C10H19NO3S2. The second kappa shape index (κ2) is 7.84. The number of aliphatic carboxylic acids is 1. The fourth-order valence-corrected chi connectivity index (χ4v) is 2.91. The number of carbonyl (C=O) groups excluding carboxylic acids is 1. The minimum atomic E-state index is -0.970. The van der Waals surface area contributed by atoms with Crippen LogP contribution in [-0.2, 0) is 9.59 Å². The minimum Gasteiger partial charge on any atom is -0.480 e. The summed E-state index contributed by atoms with van der Waals surface area (Å²) in [6.45, 7) is 3.58. The van der Waals surface area contributed by atoms with Crippen LogP contribution in [0.25, 0.3) is 0 Å². The lowest BCUT2D eigenvalue weighted by molar-refractivity contribution is -0.148. The number of carbonyl (C=O) groups is 2. The molecule has 0 unspecified atom stereocenters. The average molecular weight is 265 g/mol. The molecule has 0 radical (unpaired) electrons. The molecule has 6 heteroatoms. The highest BCUT2D eigenvalue weighted by molar-refractivity contribution is 8.76. The Morgan fingerprint density at radius 1 is 1.38 bits per heavy atom. The highest BCUT2D eigenvalue weighted by atomic mass is 33.1. The normalized spacial score (nSPS) is 14.2. The van der Waals surface area contributed by atoms with E-state index in [1.54, 1.807) is 21.6 Å². The van der Waals surface area contributed by atoms with Gasteiger partial charge in [0.1, 0.15) is 6.04 Å². The van der Waals surface area contributed by atoms with Crippen LogP contribution >= 0.6 is 21.6 Å². The highest BCUT2D eigenvalue weighted by Gasteiger charge is 2.21. The van der Waals surface area contributed by atoms with E-state index in [0.717, 1.165) is 6.42 Å². The molecule has 0 saturated carbocycles. The molecule has 2 atom stereocenters. The van der Waals surface area contributed by atoms with E-state index in [9.17, 15) is 9.59 Å². The highest BCUT2D eigenvalue weighted by Crippen LogP contribution is 2.26. The molecule has 0 saturated heterocycles. The first-order valence-corrected chi connectivity index (χ1v) is 7.70. The lowest BCUT2D eigenvalue weighted by atomic mass is 10.2. The molecule has 0 rings (SSSR count). The van der Waals surface area contributed by atoms with Crippen molar-refractivity contribution in [1.29, 1.82) is 0 Å². The predicted octanol–water partition coefficient (Wildman–Crippen LogP) is 2.10. The lowest BCUT2D eigenvalue weighted by Gasteiger charge is -2.22. The summed E-state index contributed by atoms with van der Waals surface area (Å²) in [6.07, 6.45) is 3.19. The molecule has 4 nitrogen and oxygen atoms in total. The van der Waals surface area contributed by atoms with Crippen LogP contribution in [-0.4, -0.2) is 46.5 Å². The van der Waals surface area contributed by atoms with Crippen LogP contribution in [0.2, 0.25) is 0 Å². The van der Waals surface area contributed by atoms with Gasteiger partial charge in [-0.25, -0.2) is 4.79 Å². The third-order valence-corrected chi connectivity index (χ3v) is 4.68. The van der Waals surface area contributed by atoms with Gasteiger partial charge in [-0.3, -0.25) is 4.79 Å². The van der Waals surface area contributed by atoms with Crippen LogP contribution < -0.4 is 0 Å². The van der Waals surface area contributed by atoms with E-state index in [0.29, 0.717) is 11.7 Å². The summed E-state index contributed by atoms with van der Waals surface area (Å²) in [5.41, 5.74) is 0. The van der Waals surface area contributed by atoms with Gasteiger partial charge in [-0.2, -0.15) is 0 Å². The second-order valence-corrected chi connectivity index (χ2v) is 6.54. The Balaban J connectivity index is 4.01. The zero-order valence-corrected chi connectivity index (χ0v) is 11.7. The van der Waals surface area contributed by atoms with Crippen LogP contribution in [0.5, 0.6) is 0 Å². The zero-order chi connectivity index (χ0) is 12.7. The van der Waals surface area contributed by atoms with Crippen molar-refractivity contribution in [3.63, 3.8) is 0 Å². The summed E-state index contributed by atoms with van der Waals surface area (Å²) in [5, 5.41) is 9.17. The van der Waals surface area contributed by atoms with Crippen molar-refractivity contribution in [3.8, 4) is 0 Å². The van der Waals surface area contributed by atoms with Crippen molar-refractivity contribution in [2.45, 2.75) is 38.0 Å². The lowest BCUT2D eigenvalue weighted by Crippen LogP contribution is -2.40. The largest absolute Gasteiger partial charge is 0.480 e. The summed E-state index contributed by atoms with van der Waals surface area (Å²) in [6, 6.07) is -0.754. The number of hydrogen-bond donors (Lipinski definition) is 1. The van der Waals surface area contributed by atoms with E-state index in [-0.39, 0.29) is 5.91 Å². The topological polar surface area (TPSA) is 57.6 Å². The Hall–Kier alpha value is -0.360. The van der Waals surface area contributed by atoms with E-state index in [2.05, 4.69) is 6.92 Å². The Morgan fingerprint density at radius 2 is 1.94 bits per heavy atom. The van der Waals surface area contributed by atoms with Crippen LogP contribution in [0, 0.1) is 0 Å². The van der Waals surface area contributed by atoms with Gasteiger partial charge in [0.2, 0.25) is 5.91 Å². The molecule has 0 aliphatic carbocycles. The quantitative estimate of drug-likeness (QED) is 0.714. The second-order valence-electron chi connectivity index (χ2n) is 3.63. The monoisotopic (exact) mass is 265 g/mol. The number of nitrogens with zero attached hydrogens (tertiary/aromatic N) is 1. The van der Waals surface area contributed by atoms with Crippen molar-refractivity contribution >= 4 is 33.5 Å². The first-order valence-electron chi connectivity index (χ1n) is 5.08. The summed E-state index contributed by atoms with van der Waals surface area (Å²) in [5.74, 6) is -1.08. The SMILES string of the molecule is CSS[C@@H](C)CCC(=O)N(C)[C@@H](C)C(=O)O. The van der Waals surface area contributed by atoms with Crippen molar-refractivity contribution in [2.24, 2.45) is 0 Å². The fraction of sp³-hybridized carbons (Fsp3) is 0.800. The molecule has 16 heavy (non-hydrogen) atoms. The summed E-state index contributed by atoms with van der Waals surface area (Å²) >= 11 is 0. The first-order chi connectivity index (χ1) is 7.40. The van der Waals surface area contributed by atoms with Gasteiger partial charge in [0, 0.05) is 18.7 Å². The molecule has 0 aliphatic rings. The molecule has 1 N–H and O–H groups in total. The van der Waals surface area contributed by atoms with Gasteiger partial charge in [-0.1, -0.05) is 28.5 Å². The first kappa shape index (κ1) is 15.6. The van der Waals surface area contributed by atoms with Gasteiger partial charge < -0.3 is 10.0 Å². The Bertz CT molecular complexity index is 248. The average Bonchev–Trinajstić information content (AvgIpc) is 2.24. The number of amides is 1. The summed E-state index contributed by atoms with van der Waals surface area (Å²) in [4.78, 5) is 23.6. The zero-order valence-electron chi connectivity index (χ0n) is 10.1. The standard InChI is InChI=1S/C10H19NO3S2/c1-7(16-15-4)5-6-9(12)11(3)8(2)10(13)14/h7-8H,5-6H2,1-4H3,(H,13,14)/t7-,8-/m0/s1. The van der Waals surface area contributed by atoms with Crippen LogP contribution in [0.4, 0.5) is 0 Å².